The van der Waals surface area contributed by atoms with E-state index in [1.54, 1.807) is 0 Å². The van der Waals surface area contributed by atoms with Crippen LogP contribution in [0.4, 0.5) is 0 Å². The van der Waals surface area contributed by atoms with Crippen LogP contribution in [-0.4, -0.2) is 54.3 Å². The summed E-state index contributed by atoms with van der Waals surface area (Å²) in [6.07, 6.45) is 0.872. The molecule has 0 aromatic heterocycles. The monoisotopic (exact) mass is 609 g/mol. The summed E-state index contributed by atoms with van der Waals surface area (Å²) in [5.41, 5.74) is 18.3. The molecular weight excluding hydrogens is 570 g/mol. The largest absolute Gasteiger partial charge is 0.370 e. The number of primary amides is 1. The molecule has 3 unspecified atom stereocenters. The Morgan fingerprint density at radius 1 is 0.644 bits per heavy atom. The SMILES string of the molecule is CC(=O)NC(Cc1cccc2ccccc12)C(=O)NC(CCCN=C(N)N)C(=O)NC(Cc1cccc2ccccc12)C(N)=O. The van der Waals surface area contributed by atoms with Gasteiger partial charge in [-0.15, -0.1) is 0 Å². The first-order chi connectivity index (χ1) is 21.6. The number of hydrogen-bond donors (Lipinski definition) is 6. The molecule has 234 valence electrons. The maximum Gasteiger partial charge on any atom is 0.243 e. The molecule has 4 aromatic rings. The first kappa shape index (κ1) is 32.5. The fourth-order valence-electron chi connectivity index (χ4n) is 5.38. The van der Waals surface area contributed by atoms with Crippen LogP contribution in [0.25, 0.3) is 21.5 Å². The number of nitrogens with one attached hydrogen (secondary N) is 3. The number of nitrogens with two attached hydrogens (primary N) is 3. The van der Waals surface area contributed by atoms with E-state index in [9.17, 15) is 19.2 Å². The van der Waals surface area contributed by atoms with Gasteiger partial charge in [0.15, 0.2) is 5.96 Å². The molecule has 0 saturated carbocycles. The highest BCUT2D eigenvalue weighted by atomic mass is 16.2. The summed E-state index contributed by atoms with van der Waals surface area (Å²) >= 11 is 0. The van der Waals surface area contributed by atoms with Gasteiger partial charge in [-0.05, 0) is 45.5 Å². The van der Waals surface area contributed by atoms with E-state index in [0.29, 0.717) is 6.42 Å². The number of benzene rings is 4. The Balaban J connectivity index is 1.55. The normalized spacial score (nSPS) is 12.9. The van der Waals surface area contributed by atoms with Crippen molar-refractivity contribution in [1.29, 1.82) is 0 Å². The predicted molar refractivity (Wildman–Crippen MR) is 176 cm³/mol. The lowest BCUT2D eigenvalue weighted by Gasteiger charge is -2.25. The molecule has 0 heterocycles. The smallest absolute Gasteiger partial charge is 0.243 e. The number of nitrogens with zero attached hydrogens (tertiary/aromatic N) is 1. The Morgan fingerprint density at radius 3 is 1.67 bits per heavy atom. The minimum Gasteiger partial charge on any atom is -0.370 e. The highest BCUT2D eigenvalue weighted by Gasteiger charge is 2.29. The molecule has 0 aliphatic rings. The molecule has 0 aliphatic heterocycles. The van der Waals surface area contributed by atoms with E-state index >= 15 is 0 Å². The Labute approximate surface area is 261 Å². The van der Waals surface area contributed by atoms with Crippen LogP contribution < -0.4 is 33.2 Å². The molecule has 45 heavy (non-hydrogen) atoms. The van der Waals surface area contributed by atoms with Gasteiger partial charge in [0.2, 0.25) is 23.6 Å². The van der Waals surface area contributed by atoms with Gasteiger partial charge >= 0.3 is 0 Å². The minimum absolute atomic E-state index is 0.0928. The fourth-order valence-corrected chi connectivity index (χ4v) is 5.38. The van der Waals surface area contributed by atoms with E-state index in [0.717, 1.165) is 32.7 Å². The van der Waals surface area contributed by atoms with E-state index < -0.39 is 41.8 Å². The van der Waals surface area contributed by atoms with Crippen molar-refractivity contribution >= 4 is 51.1 Å². The molecule has 11 nitrogen and oxygen atoms in total. The summed E-state index contributed by atoms with van der Waals surface area (Å²) in [7, 11) is 0. The van der Waals surface area contributed by atoms with Crippen molar-refractivity contribution in [3.8, 4) is 0 Å². The summed E-state index contributed by atoms with van der Waals surface area (Å²) in [6, 6.07) is 23.9. The van der Waals surface area contributed by atoms with Crippen molar-refractivity contribution in [2.24, 2.45) is 22.2 Å². The zero-order valence-corrected chi connectivity index (χ0v) is 25.2. The first-order valence-corrected chi connectivity index (χ1v) is 14.8. The van der Waals surface area contributed by atoms with Crippen molar-refractivity contribution in [2.75, 3.05) is 6.54 Å². The van der Waals surface area contributed by atoms with Crippen molar-refractivity contribution in [3.63, 3.8) is 0 Å². The lowest BCUT2D eigenvalue weighted by molar-refractivity contribution is -0.133. The Hall–Kier alpha value is -5.45. The molecule has 4 rings (SSSR count). The van der Waals surface area contributed by atoms with Gasteiger partial charge in [0.05, 0.1) is 0 Å². The van der Waals surface area contributed by atoms with Crippen molar-refractivity contribution in [1.82, 2.24) is 16.0 Å². The van der Waals surface area contributed by atoms with Gasteiger partial charge in [-0.2, -0.15) is 0 Å². The zero-order chi connectivity index (χ0) is 32.3. The van der Waals surface area contributed by atoms with E-state index in [1.807, 2.05) is 84.9 Å². The summed E-state index contributed by atoms with van der Waals surface area (Å²) in [5, 5.41) is 12.1. The topological polar surface area (TPSA) is 195 Å². The maximum atomic E-state index is 13.7. The van der Waals surface area contributed by atoms with E-state index in [2.05, 4.69) is 20.9 Å². The lowest BCUT2D eigenvalue weighted by atomic mass is 9.97. The third kappa shape index (κ3) is 9.02. The number of hydrogen-bond acceptors (Lipinski definition) is 5. The maximum absolute atomic E-state index is 13.7. The first-order valence-electron chi connectivity index (χ1n) is 14.8. The molecule has 9 N–H and O–H groups in total. The van der Waals surface area contributed by atoms with Crippen LogP contribution in [0, 0.1) is 0 Å². The van der Waals surface area contributed by atoms with Gasteiger partial charge in [-0.25, -0.2) is 0 Å². The molecule has 3 atom stereocenters. The third-order valence-corrected chi connectivity index (χ3v) is 7.54. The van der Waals surface area contributed by atoms with Crippen LogP contribution in [0.1, 0.15) is 30.9 Å². The molecule has 0 aliphatic carbocycles. The van der Waals surface area contributed by atoms with Crippen LogP contribution in [0.5, 0.6) is 0 Å². The summed E-state index contributed by atoms with van der Waals surface area (Å²) in [5.74, 6) is -2.35. The second-order valence-electron chi connectivity index (χ2n) is 10.9. The van der Waals surface area contributed by atoms with E-state index in [1.165, 1.54) is 6.92 Å². The highest BCUT2D eigenvalue weighted by molar-refractivity contribution is 5.95. The van der Waals surface area contributed by atoms with Crippen molar-refractivity contribution < 1.29 is 19.2 Å². The molecule has 0 radical (unpaired) electrons. The molecule has 0 bridgehead atoms. The van der Waals surface area contributed by atoms with Crippen LogP contribution in [0.3, 0.4) is 0 Å². The quantitative estimate of drug-likeness (QED) is 0.0716. The van der Waals surface area contributed by atoms with Gasteiger partial charge in [0, 0.05) is 26.3 Å². The minimum atomic E-state index is -1.06. The van der Waals surface area contributed by atoms with E-state index in [4.69, 9.17) is 17.2 Å². The van der Waals surface area contributed by atoms with Gasteiger partial charge in [-0.3, -0.25) is 24.2 Å². The van der Waals surface area contributed by atoms with Gasteiger partial charge < -0.3 is 33.2 Å². The molecular formula is C34H39N7O4. The number of carbonyl (C=O) groups is 4. The molecule has 4 amide bonds. The van der Waals surface area contributed by atoms with Crippen LogP contribution in [0.15, 0.2) is 89.9 Å². The summed E-state index contributed by atoms with van der Waals surface area (Å²) in [4.78, 5) is 55.9. The lowest BCUT2D eigenvalue weighted by Crippen LogP contribution is -2.57. The van der Waals surface area contributed by atoms with Gasteiger partial charge in [0.1, 0.15) is 18.1 Å². The second-order valence-corrected chi connectivity index (χ2v) is 10.9. The standard InChI is InChI=1S/C34H39N7O4/c1-21(42)39-30(20-25-14-7-12-23-10-3-5-16-27(23)25)33(45)40-28(17-8-18-38-34(36)37)32(44)41-29(31(35)43)19-24-13-6-11-22-9-2-4-15-26(22)24/h2-7,9-16,28-30H,8,17-20H2,1H3,(H2,35,43)(H,39,42)(H,40,45)(H,41,44)(H4,36,37,38). The Morgan fingerprint density at radius 2 is 1.13 bits per heavy atom. The summed E-state index contributed by atoms with van der Waals surface area (Å²) < 4.78 is 0. The number of aliphatic imine (C=N–C) groups is 1. The second kappa shape index (κ2) is 15.3. The molecule has 11 heteroatoms. The highest BCUT2D eigenvalue weighted by Crippen LogP contribution is 2.21. The third-order valence-electron chi connectivity index (χ3n) is 7.54. The number of rotatable bonds is 14. The van der Waals surface area contributed by atoms with Crippen molar-refractivity contribution in [2.45, 2.75) is 50.7 Å². The zero-order valence-electron chi connectivity index (χ0n) is 25.2. The Kier molecular flexibility index (Phi) is 11.1. The average molecular weight is 610 g/mol. The summed E-state index contributed by atoms with van der Waals surface area (Å²) in [6.45, 7) is 1.55. The Bertz CT molecular complexity index is 1710. The number of amides is 4. The van der Waals surface area contributed by atoms with Crippen LogP contribution >= 0.6 is 0 Å². The van der Waals surface area contributed by atoms with Crippen LogP contribution in [-0.2, 0) is 32.0 Å². The van der Waals surface area contributed by atoms with Crippen molar-refractivity contribution in [3.05, 3.63) is 96.1 Å². The predicted octanol–water partition coefficient (Wildman–Crippen LogP) is 1.79. The van der Waals surface area contributed by atoms with E-state index in [-0.39, 0.29) is 31.8 Å². The average Bonchev–Trinajstić information content (AvgIpc) is 3.01. The van der Waals surface area contributed by atoms with Gasteiger partial charge in [-0.1, -0.05) is 84.9 Å². The molecule has 0 spiro atoms. The molecule has 0 fully saturated rings. The number of carbonyl (C=O) groups excluding carboxylic acids is 4. The van der Waals surface area contributed by atoms with Gasteiger partial charge in [0.25, 0.3) is 0 Å². The van der Waals surface area contributed by atoms with Crippen LogP contribution in [0.2, 0.25) is 0 Å². The molecule has 0 saturated heterocycles. The number of guanidine groups is 1. The molecule has 4 aromatic carbocycles. The fraction of sp³-hybridized carbons (Fsp3) is 0.265. The number of fused-ring (bicyclic) bond motifs is 2.